The Morgan fingerprint density at radius 1 is 1.41 bits per heavy atom. The predicted molar refractivity (Wildman–Crippen MR) is 67.2 cm³/mol. The molecule has 0 radical (unpaired) electrons. The molecule has 0 aromatic carbocycles. The molecule has 1 aromatic heterocycles. The Kier molecular flexibility index (Phi) is 5.69. The second-order valence-corrected chi connectivity index (χ2v) is 4.18. The van der Waals surface area contributed by atoms with Gasteiger partial charge in [-0.2, -0.15) is 0 Å². The lowest BCUT2D eigenvalue weighted by Gasteiger charge is -2.19. The minimum atomic E-state index is 0.147. The van der Waals surface area contributed by atoms with E-state index in [2.05, 4.69) is 15.3 Å². The van der Waals surface area contributed by atoms with Gasteiger partial charge < -0.3 is 15.2 Å². The standard InChI is InChI=1S/C12H21N3O2/c1-4-5-17-12-6-11(13-8-14-12)15-10(3)9(2)7-16/h6,8-10,16H,4-5,7H2,1-3H3,(H,13,14,15). The molecule has 0 aliphatic rings. The van der Waals surface area contributed by atoms with Crippen molar-refractivity contribution in [3.63, 3.8) is 0 Å². The predicted octanol–water partition coefficient (Wildman–Crippen LogP) is 1.69. The zero-order valence-corrected chi connectivity index (χ0v) is 10.7. The van der Waals surface area contributed by atoms with Gasteiger partial charge in [-0.3, -0.25) is 0 Å². The van der Waals surface area contributed by atoms with E-state index in [4.69, 9.17) is 9.84 Å². The number of hydrogen-bond acceptors (Lipinski definition) is 5. The van der Waals surface area contributed by atoms with E-state index in [1.165, 1.54) is 6.33 Å². The molecule has 2 atom stereocenters. The highest BCUT2D eigenvalue weighted by Crippen LogP contribution is 2.14. The van der Waals surface area contributed by atoms with Crippen molar-refractivity contribution >= 4 is 5.82 Å². The Morgan fingerprint density at radius 2 is 2.18 bits per heavy atom. The highest BCUT2D eigenvalue weighted by molar-refractivity contribution is 5.38. The maximum atomic E-state index is 9.06. The molecule has 1 aromatic rings. The molecule has 0 aliphatic heterocycles. The first-order valence-electron chi connectivity index (χ1n) is 5.99. The van der Waals surface area contributed by atoms with E-state index in [-0.39, 0.29) is 18.6 Å². The molecule has 0 aliphatic carbocycles. The van der Waals surface area contributed by atoms with Crippen molar-refractivity contribution in [2.24, 2.45) is 5.92 Å². The van der Waals surface area contributed by atoms with Crippen LogP contribution in [0.5, 0.6) is 5.88 Å². The molecule has 0 fully saturated rings. The fourth-order valence-electron chi connectivity index (χ4n) is 1.24. The smallest absolute Gasteiger partial charge is 0.218 e. The summed E-state index contributed by atoms with van der Waals surface area (Å²) in [6, 6.07) is 1.92. The van der Waals surface area contributed by atoms with E-state index in [1.807, 2.05) is 20.8 Å². The lowest BCUT2D eigenvalue weighted by atomic mass is 10.1. The van der Waals surface area contributed by atoms with E-state index >= 15 is 0 Å². The highest BCUT2D eigenvalue weighted by atomic mass is 16.5. The van der Waals surface area contributed by atoms with Gasteiger partial charge in [-0.15, -0.1) is 0 Å². The molecule has 17 heavy (non-hydrogen) atoms. The molecule has 0 amide bonds. The van der Waals surface area contributed by atoms with Crippen LogP contribution in [0.1, 0.15) is 27.2 Å². The van der Waals surface area contributed by atoms with E-state index in [1.54, 1.807) is 6.07 Å². The fourth-order valence-corrected chi connectivity index (χ4v) is 1.24. The number of ether oxygens (including phenoxy) is 1. The van der Waals surface area contributed by atoms with Crippen LogP contribution in [-0.4, -0.2) is 34.3 Å². The number of aliphatic hydroxyl groups excluding tert-OH is 1. The first kappa shape index (κ1) is 13.7. The van der Waals surface area contributed by atoms with Gasteiger partial charge in [0.15, 0.2) is 0 Å². The first-order valence-corrected chi connectivity index (χ1v) is 5.99. The van der Waals surface area contributed by atoms with Crippen molar-refractivity contribution in [3.05, 3.63) is 12.4 Å². The minimum Gasteiger partial charge on any atom is -0.478 e. The summed E-state index contributed by atoms with van der Waals surface area (Å²) in [6.07, 6.45) is 2.42. The SMILES string of the molecule is CCCOc1cc(NC(C)C(C)CO)ncn1. The molecule has 1 rings (SSSR count). The lowest BCUT2D eigenvalue weighted by Crippen LogP contribution is -2.26. The van der Waals surface area contributed by atoms with E-state index < -0.39 is 0 Å². The number of aliphatic hydroxyl groups is 1. The van der Waals surface area contributed by atoms with E-state index in [0.717, 1.165) is 12.2 Å². The Labute approximate surface area is 102 Å². The lowest BCUT2D eigenvalue weighted by molar-refractivity contribution is 0.226. The van der Waals surface area contributed by atoms with Crippen LogP contribution in [0.15, 0.2) is 12.4 Å². The number of aromatic nitrogens is 2. The van der Waals surface area contributed by atoms with Crippen molar-refractivity contribution in [2.45, 2.75) is 33.2 Å². The van der Waals surface area contributed by atoms with Gasteiger partial charge in [0, 0.05) is 18.7 Å². The van der Waals surface area contributed by atoms with Crippen molar-refractivity contribution in [1.82, 2.24) is 9.97 Å². The van der Waals surface area contributed by atoms with Gasteiger partial charge in [0.2, 0.25) is 5.88 Å². The van der Waals surface area contributed by atoms with Crippen LogP contribution in [0, 0.1) is 5.92 Å². The molecule has 5 heteroatoms. The Bertz CT molecular complexity index is 333. The van der Waals surface area contributed by atoms with Gasteiger partial charge in [0.05, 0.1) is 6.61 Å². The molecule has 1 heterocycles. The normalized spacial score (nSPS) is 14.1. The topological polar surface area (TPSA) is 67.3 Å². The van der Waals surface area contributed by atoms with Gasteiger partial charge in [0.25, 0.3) is 0 Å². The van der Waals surface area contributed by atoms with Crippen LogP contribution < -0.4 is 10.1 Å². The van der Waals surface area contributed by atoms with Crippen LogP contribution >= 0.6 is 0 Å². The second kappa shape index (κ2) is 7.06. The summed E-state index contributed by atoms with van der Waals surface area (Å²) in [5.41, 5.74) is 0. The van der Waals surface area contributed by atoms with Crippen molar-refractivity contribution in [1.29, 1.82) is 0 Å². The zero-order valence-electron chi connectivity index (χ0n) is 10.7. The van der Waals surface area contributed by atoms with Gasteiger partial charge in [-0.05, 0) is 19.3 Å². The molecule has 0 saturated carbocycles. The molecular formula is C12H21N3O2. The molecular weight excluding hydrogens is 218 g/mol. The third-order valence-corrected chi connectivity index (χ3v) is 2.61. The summed E-state index contributed by atoms with van der Waals surface area (Å²) in [5.74, 6) is 1.47. The number of hydrogen-bond donors (Lipinski definition) is 2. The van der Waals surface area contributed by atoms with Gasteiger partial charge in [-0.1, -0.05) is 13.8 Å². The van der Waals surface area contributed by atoms with Crippen LogP contribution in [0.2, 0.25) is 0 Å². The Morgan fingerprint density at radius 3 is 2.82 bits per heavy atom. The molecule has 2 N–H and O–H groups in total. The van der Waals surface area contributed by atoms with Gasteiger partial charge in [0.1, 0.15) is 12.1 Å². The molecule has 0 spiro atoms. The summed E-state index contributed by atoms with van der Waals surface area (Å²) >= 11 is 0. The highest BCUT2D eigenvalue weighted by Gasteiger charge is 2.11. The van der Waals surface area contributed by atoms with Crippen molar-refractivity contribution in [2.75, 3.05) is 18.5 Å². The van der Waals surface area contributed by atoms with Gasteiger partial charge >= 0.3 is 0 Å². The fraction of sp³-hybridized carbons (Fsp3) is 0.667. The van der Waals surface area contributed by atoms with E-state index in [0.29, 0.717) is 12.5 Å². The maximum Gasteiger partial charge on any atom is 0.218 e. The first-order chi connectivity index (χ1) is 8.17. The summed E-state index contributed by atoms with van der Waals surface area (Å²) in [7, 11) is 0. The molecule has 0 bridgehead atoms. The Hall–Kier alpha value is -1.36. The number of nitrogens with one attached hydrogen (secondary N) is 1. The van der Waals surface area contributed by atoms with Crippen molar-refractivity contribution < 1.29 is 9.84 Å². The van der Waals surface area contributed by atoms with E-state index in [9.17, 15) is 0 Å². The summed E-state index contributed by atoms with van der Waals surface area (Å²) in [6.45, 7) is 6.84. The number of anilines is 1. The van der Waals surface area contributed by atoms with Crippen LogP contribution in [-0.2, 0) is 0 Å². The van der Waals surface area contributed by atoms with Crippen LogP contribution in [0.3, 0.4) is 0 Å². The molecule has 2 unspecified atom stereocenters. The average molecular weight is 239 g/mol. The summed E-state index contributed by atoms with van der Waals surface area (Å²) in [4.78, 5) is 8.15. The third kappa shape index (κ3) is 4.56. The quantitative estimate of drug-likeness (QED) is 0.758. The van der Waals surface area contributed by atoms with Crippen LogP contribution in [0.4, 0.5) is 5.82 Å². The summed E-state index contributed by atoms with van der Waals surface area (Å²) in [5, 5.41) is 12.3. The van der Waals surface area contributed by atoms with Crippen molar-refractivity contribution in [3.8, 4) is 5.88 Å². The monoisotopic (exact) mass is 239 g/mol. The zero-order chi connectivity index (χ0) is 12.7. The molecule has 0 saturated heterocycles. The molecule has 5 nitrogen and oxygen atoms in total. The maximum absolute atomic E-state index is 9.06. The van der Waals surface area contributed by atoms with Crippen LogP contribution in [0.25, 0.3) is 0 Å². The number of rotatable bonds is 7. The molecule has 96 valence electrons. The second-order valence-electron chi connectivity index (χ2n) is 4.18. The number of nitrogens with zero attached hydrogens (tertiary/aromatic N) is 2. The van der Waals surface area contributed by atoms with Gasteiger partial charge in [-0.25, -0.2) is 9.97 Å². The minimum absolute atomic E-state index is 0.147. The Balaban J connectivity index is 2.58. The largest absolute Gasteiger partial charge is 0.478 e. The average Bonchev–Trinajstić information content (AvgIpc) is 2.35. The third-order valence-electron chi connectivity index (χ3n) is 2.61. The summed E-state index contributed by atoms with van der Waals surface area (Å²) < 4.78 is 5.42.